The van der Waals surface area contributed by atoms with Crippen LogP contribution in [0, 0.1) is 5.92 Å². The summed E-state index contributed by atoms with van der Waals surface area (Å²) in [4.78, 5) is 27.1. The van der Waals surface area contributed by atoms with Crippen molar-refractivity contribution in [3.05, 3.63) is 58.6 Å². The van der Waals surface area contributed by atoms with Crippen molar-refractivity contribution in [1.29, 1.82) is 0 Å². The number of rotatable bonds is 7. The topological polar surface area (TPSA) is 66.8 Å². The van der Waals surface area contributed by atoms with Gasteiger partial charge >= 0.3 is 11.9 Å². The highest BCUT2D eigenvalue weighted by atomic mass is 35.5. The Bertz CT molecular complexity index is 1000. The molecule has 0 radical (unpaired) electrons. The zero-order valence-corrected chi connectivity index (χ0v) is 19.4. The summed E-state index contributed by atoms with van der Waals surface area (Å²) < 4.78 is 5.14. The minimum Gasteiger partial charge on any atom is -0.478 e. The van der Waals surface area contributed by atoms with Crippen LogP contribution in [0.1, 0.15) is 25.3 Å². The van der Waals surface area contributed by atoms with Gasteiger partial charge in [-0.2, -0.15) is 0 Å². The molecule has 0 aliphatic carbocycles. The maximum Gasteiger partial charge on any atom is 0.335 e. The van der Waals surface area contributed by atoms with Crippen LogP contribution in [0.25, 0.3) is 5.57 Å². The van der Waals surface area contributed by atoms with E-state index in [-0.39, 0.29) is 22.5 Å². The SMILES string of the molecule is C=C(C(=O)O)c1ccc(Sc2cccc(N3CCC(C(=O)OCC)CC3)c2)c(Cl)c1Cl. The minimum atomic E-state index is -1.14. The summed E-state index contributed by atoms with van der Waals surface area (Å²) in [6.07, 6.45) is 1.54. The van der Waals surface area contributed by atoms with E-state index in [1.54, 1.807) is 12.1 Å². The van der Waals surface area contributed by atoms with Crippen molar-refractivity contribution >= 4 is 58.2 Å². The van der Waals surface area contributed by atoms with E-state index in [4.69, 9.17) is 33.0 Å². The lowest BCUT2D eigenvalue weighted by molar-refractivity contribution is -0.148. The zero-order valence-electron chi connectivity index (χ0n) is 17.1. The zero-order chi connectivity index (χ0) is 22.5. The van der Waals surface area contributed by atoms with E-state index < -0.39 is 5.97 Å². The molecule has 1 heterocycles. The molecule has 0 atom stereocenters. The Kier molecular flexibility index (Phi) is 7.92. The Morgan fingerprint density at radius 2 is 1.90 bits per heavy atom. The van der Waals surface area contributed by atoms with Crippen LogP contribution in [0.5, 0.6) is 0 Å². The standard InChI is InChI=1S/C23H23Cl2NO4S/c1-3-30-23(29)15-9-11-26(12-10-15)16-5-4-6-17(13-16)31-19-8-7-18(14(2)22(27)28)20(24)21(19)25/h4-8,13,15H,2-3,9-12H2,1H3,(H,27,28). The van der Waals surface area contributed by atoms with Gasteiger partial charge in [0.25, 0.3) is 0 Å². The number of carbonyl (C=O) groups is 2. The van der Waals surface area contributed by atoms with Crippen molar-refractivity contribution in [2.75, 3.05) is 24.6 Å². The molecule has 164 valence electrons. The number of nitrogens with zero attached hydrogens (tertiary/aromatic N) is 1. The number of anilines is 1. The van der Waals surface area contributed by atoms with E-state index in [0.717, 1.165) is 41.4 Å². The number of ether oxygens (including phenoxy) is 1. The lowest BCUT2D eigenvalue weighted by atomic mass is 9.96. The molecule has 8 heteroatoms. The van der Waals surface area contributed by atoms with Crippen molar-refractivity contribution in [3.8, 4) is 0 Å². The lowest BCUT2D eigenvalue weighted by Gasteiger charge is -2.32. The van der Waals surface area contributed by atoms with E-state index in [9.17, 15) is 9.59 Å². The Balaban J connectivity index is 1.72. The van der Waals surface area contributed by atoms with Crippen LogP contribution in [0.3, 0.4) is 0 Å². The van der Waals surface area contributed by atoms with Gasteiger partial charge in [-0.25, -0.2) is 4.79 Å². The largest absolute Gasteiger partial charge is 0.478 e. The number of hydrogen-bond acceptors (Lipinski definition) is 5. The van der Waals surface area contributed by atoms with Crippen molar-refractivity contribution in [2.24, 2.45) is 5.92 Å². The van der Waals surface area contributed by atoms with Gasteiger partial charge in [-0.05, 0) is 44.0 Å². The Morgan fingerprint density at radius 1 is 1.19 bits per heavy atom. The fourth-order valence-corrected chi connectivity index (χ4v) is 4.99. The summed E-state index contributed by atoms with van der Waals surface area (Å²) in [6.45, 7) is 7.36. The van der Waals surface area contributed by atoms with Crippen LogP contribution in [0.4, 0.5) is 5.69 Å². The van der Waals surface area contributed by atoms with Gasteiger partial charge in [0, 0.05) is 34.1 Å². The Morgan fingerprint density at radius 3 is 2.55 bits per heavy atom. The van der Waals surface area contributed by atoms with Gasteiger partial charge in [-0.3, -0.25) is 4.79 Å². The summed E-state index contributed by atoms with van der Waals surface area (Å²) in [5.74, 6) is -1.28. The molecule has 0 amide bonds. The molecule has 2 aromatic rings. The van der Waals surface area contributed by atoms with Crippen LogP contribution in [0.15, 0.2) is 52.8 Å². The van der Waals surface area contributed by atoms with Gasteiger partial charge in [0.15, 0.2) is 0 Å². The normalized spacial score (nSPS) is 14.4. The minimum absolute atomic E-state index is 0.0335. The molecule has 5 nitrogen and oxygen atoms in total. The van der Waals surface area contributed by atoms with E-state index in [1.807, 2.05) is 25.1 Å². The van der Waals surface area contributed by atoms with E-state index in [0.29, 0.717) is 17.2 Å². The number of carboxylic acid groups (broad SMARTS) is 1. The third-order valence-corrected chi connectivity index (χ3v) is 7.20. The first-order valence-electron chi connectivity index (χ1n) is 9.91. The maximum absolute atomic E-state index is 12.0. The quantitative estimate of drug-likeness (QED) is 0.386. The van der Waals surface area contributed by atoms with Gasteiger partial charge in [0.2, 0.25) is 0 Å². The molecule has 0 bridgehead atoms. The van der Waals surface area contributed by atoms with Gasteiger partial charge in [0.1, 0.15) is 0 Å². The van der Waals surface area contributed by atoms with E-state index in [1.165, 1.54) is 11.8 Å². The summed E-state index contributed by atoms with van der Waals surface area (Å²) >= 11 is 14.2. The first-order chi connectivity index (χ1) is 14.8. The third kappa shape index (κ3) is 5.56. The fraction of sp³-hybridized carbons (Fsp3) is 0.304. The molecule has 1 aliphatic heterocycles. The first-order valence-corrected chi connectivity index (χ1v) is 11.5. The average Bonchev–Trinajstić information content (AvgIpc) is 2.77. The number of aliphatic carboxylic acids is 1. The molecule has 1 fully saturated rings. The van der Waals surface area contributed by atoms with Gasteiger partial charge in [-0.1, -0.05) is 53.7 Å². The highest BCUT2D eigenvalue weighted by molar-refractivity contribution is 7.99. The number of esters is 1. The van der Waals surface area contributed by atoms with Crippen LogP contribution < -0.4 is 4.90 Å². The first kappa shape index (κ1) is 23.5. The summed E-state index contributed by atoms with van der Waals surface area (Å²) in [7, 11) is 0. The second-order valence-corrected chi connectivity index (χ2v) is 9.01. The molecule has 0 unspecified atom stereocenters. The smallest absolute Gasteiger partial charge is 0.335 e. The van der Waals surface area contributed by atoms with Gasteiger partial charge < -0.3 is 14.7 Å². The number of piperidine rings is 1. The highest BCUT2D eigenvalue weighted by Gasteiger charge is 2.26. The van der Waals surface area contributed by atoms with Crippen LogP contribution in [-0.4, -0.2) is 36.7 Å². The molecule has 1 N–H and O–H groups in total. The Labute approximate surface area is 196 Å². The average molecular weight is 480 g/mol. The van der Waals surface area contributed by atoms with Crippen molar-refractivity contribution in [2.45, 2.75) is 29.6 Å². The molecule has 1 saturated heterocycles. The van der Waals surface area contributed by atoms with Gasteiger partial charge in [-0.15, -0.1) is 0 Å². The lowest BCUT2D eigenvalue weighted by Crippen LogP contribution is -2.36. The number of carbonyl (C=O) groups excluding carboxylic acids is 1. The second kappa shape index (κ2) is 10.4. The maximum atomic E-state index is 12.0. The monoisotopic (exact) mass is 479 g/mol. The number of hydrogen-bond donors (Lipinski definition) is 1. The predicted molar refractivity (Wildman–Crippen MR) is 125 cm³/mol. The fourth-order valence-electron chi connectivity index (χ4n) is 3.46. The predicted octanol–water partition coefficient (Wildman–Crippen LogP) is 6.02. The number of carboxylic acids is 1. The molecule has 2 aromatic carbocycles. The second-order valence-electron chi connectivity index (χ2n) is 7.14. The highest BCUT2D eigenvalue weighted by Crippen LogP contribution is 2.41. The van der Waals surface area contributed by atoms with Crippen LogP contribution >= 0.6 is 35.0 Å². The molecule has 3 rings (SSSR count). The summed E-state index contributed by atoms with van der Waals surface area (Å²) in [6, 6.07) is 11.4. The number of halogens is 2. The van der Waals surface area contributed by atoms with Crippen molar-refractivity contribution in [3.63, 3.8) is 0 Å². The molecular formula is C23H23Cl2NO4S. The van der Waals surface area contributed by atoms with Crippen molar-refractivity contribution in [1.82, 2.24) is 0 Å². The molecule has 1 aliphatic rings. The van der Waals surface area contributed by atoms with Crippen LogP contribution in [-0.2, 0) is 14.3 Å². The van der Waals surface area contributed by atoms with E-state index >= 15 is 0 Å². The van der Waals surface area contributed by atoms with Gasteiger partial charge in [0.05, 0.1) is 28.1 Å². The summed E-state index contributed by atoms with van der Waals surface area (Å²) in [5, 5.41) is 9.62. The molecule has 0 spiro atoms. The van der Waals surface area contributed by atoms with Crippen LogP contribution in [0.2, 0.25) is 10.0 Å². The van der Waals surface area contributed by atoms with E-state index in [2.05, 4.69) is 17.5 Å². The third-order valence-electron chi connectivity index (χ3n) is 5.16. The molecule has 0 saturated carbocycles. The summed E-state index contributed by atoms with van der Waals surface area (Å²) in [5.41, 5.74) is 1.28. The number of benzene rings is 2. The Hall–Kier alpha value is -2.15. The molecular weight excluding hydrogens is 457 g/mol. The van der Waals surface area contributed by atoms with Crippen molar-refractivity contribution < 1.29 is 19.4 Å². The molecule has 31 heavy (non-hydrogen) atoms. The molecule has 0 aromatic heterocycles.